The first-order valence-electron chi connectivity index (χ1n) is 5.21. The lowest BCUT2D eigenvalue weighted by atomic mass is 10.1. The second kappa shape index (κ2) is 5.50. The van der Waals surface area contributed by atoms with E-state index in [2.05, 4.69) is 10.3 Å². The van der Waals surface area contributed by atoms with Gasteiger partial charge in [-0.3, -0.25) is 0 Å². The third-order valence-corrected chi connectivity index (χ3v) is 2.68. The van der Waals surface area contributed by atoms with Crippen LogP contribution < -0.4 is 5.73 Å². The Morgan fingerprint density at radius 1 is 1.50 bits per heavy atom. The van der Waals surface area contributed by atoms with Crippen LogP contribution in [-0.4, -0.2) is 21.1 Å². The van der Waals surface area contributed by atoms with Crippen LogP contribution in [0.4, 0.5) is 4.79 Å². The molecular formula is C11H11ClN4O2. The number of carbonyl (C=O) groups excluding carboxylic acids is 1. The van der Waals surface area contributed by atoms with E-state index in [0.29, 0.717) is 17.1 Å². The minimum atomic E-state index is -0.861. The lowest BCUT2D eigenvalue weighted by Gasteiger charge is -2.17. The minimum absolute atomic E-state index is 0.298. The molecule has 1 atom stereocenters. The smallest absolute Gasteiger partial charge is 0.405 e. The number of benzene rings is 1. The molecule has 1 heterocycles. The van der Waals surface area contributed by atoms with Gasteiger partial charge >= 0.3 is 6.09 Å². The predicted molar refractivity (Wildman–Crippen MR) is 64.9 cm³/mol. The number of primary amides is 1. The number of aromatic nitrogens is 3. The molecule has 6 nitrogen and oxygen atoms in total. The van der Waals surface area contributed by atoms with Crippen molar-refractivity contribution in [3.8, 4) is 0 Å². The summed E-state index contributed by atoms with van der Waals surface area (Å²) in [5.41, 5.74) is 5.73. The number of carbonyl (C=O) groups is 1. The second-order valence-electron chi connectivity index (χ2n) is 3.57. The summed E-state index contributed by atoms with van der Waals surface area (Å²) in [6, 6.07) is 7.09. The molecule has 0 saturated carbocycles. The fourth-order valence-corrected chi connectivity index (χ4v) is 1.83. The molecule has 1 aromatic heterocycles. The summed E-state index contributed by atoms with van der Waals surface area (Å²) in [5.74, 6) is 0. The summed E-state index contributed by atoms with van der Waals surface area (Å²) in [6.45, 7) is 0.298. The summed E-state index contributed by atoms with van der Waals surface area (Å²) in [5, 5.41) is 7.99. The normalized spacial score (nSPS) is 12.1. The molecule has 0 saturated heterocycles. The molecule has 94 valence electrons. The molecule has 0 fully saturated rings. The number of amides is 1. The Morgan fingerprint density at radius 3 is 2.89 bits per heavy atom. The van der Waals surface area contributed by atoms with E-state index in [0.717, 1.165) is 0 Å². The first-order chi connectivity index (χ1) is 8.66. The number of hydrogen-bond acceptors (Lipinski definition) is 4. The molecule has 0 aliphatic heterocycles. The van der Waals surface area contributed by atoms with Gasteiger partial charge in [0.2, 0.25) is 0 Å². The van der Waals surface area contributed by atoms with Crippen LogP contribution in [0.2, 0.25) is 5.02 Å². The molecule has 18 heavy (non-hydrogen) atoms. The van der Waals surface area contributed by atoms with Gasteiger partial charge in [-0.05, 0) is 6.07 Å². The molecule has 0 aliphatic carbocycles. The van der Waals surface area contributed by atoms with Gasteiger partial charge in [-0.15, -0.1) is 5.10 Å². The second-order valence-corrected chi connectivity index (χ2v) is 3.98. The van der Waals surface area contributed by atoms with Crippen molar-refractivity contribution in [3.05, 3.63) is 47.2 Å². The Kier molecular flexibility index (Phi) is 3.78. The highest BCUT2D eigenvalue weighted by molar-refractivity contribution is 6.31. The van der Waals surface area contributed by atoms with Crippen LogP contribution in [0.25, 0.3) is 0 Å². The van der Waals surface area contributed by atoms with Crippen LogP contribution in [0.15, 0.2) is 36.7 Å². The number of hydrogen-bond donors (Lipinski definition) is 1. The summed E-state index contributed by atoms with van der Waals surface area (Å²) >= 11 is 6.07. The van der Waals surface area contributed by atoms with Gasteiger partial charge in [-0.2, -0.15) is 0 Å². The third-order valence-electron chi connectivity index (χ3n) is 2.34. The number of rotatable bonds is 4. The number of nitrogens with zero attached hydrogens (tertiary/aromatic N) is 3. The lowest BCUT2D eigenvalue weighted by Crippen LogP contribution is -2.21. The molecule has 0 radical (unpaired) electrons. The van der Waals surface area contributed by atoms with E-state index in [9.17, 15) is 4.79 Å². The van der Waals surface area contributed by atoms with E-state index in [1.807, 2.05) is 0 Å². The van der Waals surface area contributed by atoms with Crippen molar-refractivity contribution in [3.63, 3.8) is 0 Å². The topological polar surface area (TPSA) is 83.0 Å². The van der Waals surface area contributed by atoms with Crippen molar-refractivity contribution in [1.82, 2.24) is 15.0 Å². The largest absolute Gasteiger partial charge is 0.439 e. The van der Waals surface area contributed by atoms with Gasteiger partial charge in [0.25, 0.3) is 0 Å². The molecule has 0 bridgehead atoms. The monoisotopic (exact) mass is 266 g/mol. The van der Waals surface area contributed by atoms with E-state index < -0.39 is 12.2 Å². The van der Waals surface area contributed by atoms with Crippen molar-refractivity contribution in [2.75, 3.05) is 0 Å². The van der Waals surface area contributed by atoms with Gasteiger partial charge in [0.15, 0.2) is 0 Å². The maximum Gasteiger partial charge on any atom is 0.405 e. The highest BCUT2D eigenvalue weighted by Crippen LogP contribution is 2.26. The average Bonchev–Trinajstić information content (AvgIpc) is 2.81. The number of ether oxygens (including phenoxy) is 1. The quantitative estimate of drug-likeness (QED) is 0.914. The SMILES string of the molecule is NC(=O)O[C@H](Cn1ccnn1)c1ccccc1Cl. The zero-order valence-electron chi connectivity index (χ0n) is 9.36. The van der Waals surface area contributed by atoms with Crippen molar-refractivity contribution in [1.29, 1.82) is 0 Å². The standard InChI is InChI=1S/C11H11ClN4O2/c12-9-4-2-1-3-8(9)10(18-11(13)17)7-16-6-5-14-15-16/h1-6,10H,7H2,(H2,13,17)/t10-/m1/s1. The third kappa shape index (κ3) is 2.98. The fraction of sp³-hybridized carbons (Fsp3) is 0.182. The molecule has 2 N–H and O–H groups in total. The first kappa shape index (κ1) is 12.4. The average molecular weight is 267 g/mol. The zero-order chi connectivity index (χ0) is 13.0. The molecular weight excluding hydrogens is 256 g/mol. The van der Waals surface area contributed by atoms with Crippen molar-refractivity contribution < 1.29 is 9.53 Å². The zero-order valence-corrected chi connectivity index (χ0v) is 10.1. The highest BCUT2D eigenvalue weighted by atomic mass is 35.5. The molecule has 1 amide bonds. The predicted octanol–water partition coefficient (Wildman–Crippen LogP) is 1.77. The minimum Gasteiger partial charge on any atom is -0.439 e. The Labute approximate surface area is 108 Å². The van der Waals surface area contributed by atoms with Crippen molar-refractivity contribution in [2.24, 2.45) is 5.73 Å². The van der Waals surface area contributed by atoms with Crippen LogP contribution in [0.1, 0.15) is 11.7 Å². The molecule has 0 aliphatic rings. The van der Waals surface area contributed by atoms with Gasteiger partial charge in [0, 0.05) is 16.8 Å². The van der Waals surface area contributed by atoms with E-state index in [4.69, 9.17) is 22.1 Å². The Balaban J connectivity index is 2.25. The Morgan fingerprint density at radius 2 is 2.28 bits per heavy atom. The van der Waals surface area contributed by atoms with Crippen LogP contribution in [0, 0.1) is 0 Å². The van der Waals surface area contributed by atoms with E-state index in [1.54, 1.807) is 30.5 Å². The van der Waals surface area contributed by atoms with Crippen LogP contribution >= 0.6 is 11.6 Å². The molecule has 1 aromatic carbocycles. The van der Waals surface area contributed by atoms with Gasteiger partial charge in [0.1, 0.15) is 6.10 Å². The Bertz CT molecular complexity index is 530. The maximum absolute atomic E-state index is 10.9. The summed E-state index contributed by atoms with van der Waals surface area (Å²) in [6.07, 6.45) is 1.74. The van der Waals surface area contributed by atoms with Crippen LogP contribution in [0.5, 0.6) is 0 Å². The molecule has 0 unspecified atom stereocenters. The van der Waals surface area contributed by atoms with Gasteiger partial charge in [-0.1, -0.05) is 35.0 Å². The summed E-state index contributed by atoms with van der Waals surface area (Å²) < 4.78 is 6.59. The molecule has 2 rings (SSSR count). The van der Waals surface area contributed by atoms with Gasteiger partial charge in [0.05, 0.1) is 12.7 Å². The van der Waals surface area contributed by atoms with Crippen LogP contribution in [0.3, 0.4) is 0 Å². The maximum atomic E-state index is 10.9. The molecule has 7 heteroatoms. The fourth-order valence-electron chi connectivity index (χ4n) is 1.58. The van der Waals surface area contributed by atoms with Crippen molar-refractivity contribution >= 4 is 17.7 Å². The summed E-state index contributed by atoms with van der Waals surface area (Å²) in [7, 11) is 0. The van der Waals surface area contributed by atoms with Gasteiger partial charge in [-0.25, -0.2) is 9.48 Å². The van der Waals surface area contributed by atoms with Crippen LogP contribution in [-0.2, 0) is 11.3 Å². The van der Waals surface area contributed by atoms with E-state index in [1.165, 1.54) is 10.9 Å². The summed E-state index contributed by atoms with van der Waals surface area (Å²) in [4.78, 5) is 10.9. The van der Waals surface area contributed by atoms with E-state index >= 15 is 0 Å². The van der Waals surface area contributed by atoms with E-state index in [-0.39, 0.29) is 0 Å². The van der Waals surface area contributed by atoms with Gasteiger partial charge < -0.3 is 10.5 Å². The number of halogens is 1. The molecule has 0 spiro atoms. The lowest BCUT2D eigenvalue weighted by molar-refractivity contribution is 0.0930. The first-order valence-corrected chi connectivity index (χ1v) is 5.59. The van der Waals surface area contributed by atoms with Crippen molar-refractivity contribution in [2.45, 2.75) is 12.6 Å². The number of nitrogens with two attached hydrogens (primary N) is 1. The molecule has 2 aromatic rings. The highest BCUT2D eigenvalue weighted by Gasteiger charge is 2.19. The Hall–Kier alpha value is -2.08.